The van der Waals surface area contributed by atoms with Gasteiger partial charge in [0.25, 0.3) is 0 Å². The largest absolute Gasteiger partial charge is 0.356 e. The lowest BCUT2D eigenvalue weighted by atomic mass is 10.0. The molecule has 124 valence electrons. The fraction of sp³-hybridized carbons (Fsp3) is 0.0400. The molecule has 4 aromatic rings. The highest BCUT2D eigenvalue weighted by Crippen LogP contribution is 2.38. The van der Waals surface area contributed by atoms with Crippen molar-refractivity contribution in [1.29, 1.82) is 0 Å². The van der Waals surface area contributed by atoms with E-state index in [1.54, 1.807) is 0 Å². The van der Waals surface area contributed by atoms with Crippen LogP contribution in [-0.4, -0.2) is 0 Å². The Morgan fingerprint density at radius 3 is 2.00 bits per heavy atom. The van der Waals surface area contributed by atoms with Gasteiger partial charge < -0.3 is 5.32 Å². The quantitative estimate of drug-likeness (QED) is 0.389. The second kappa shape index (κ2) is 6.20. The molecule has 0 aliphatic heterocycles. The molecule has 0 amide bonds. The monoisotopic (exact) mass is 333 g/mol. The number of benzene rings is 4. The normalized spacial score (nSPS) is 11.7. The maximum atomic E-state index is 3.54. The number of hydrogen-bond donors (Lipinski definition) is 1. The third-order valence-electron chi connectivity index (χ3n) is 5.08. The van der Waals surface area contributed by atoms with Crippen LogP contribution >= 0.6 is 0 Å². The zero-order valence-corrected chi connectivity index (χ0v) is 14.4. The van der Waals surface area contributed by atoms with E-state index in [1.807, 2.05) is 6.07 Å². The van der Waals surface area contributed by atoms with Crippen molar-refractivity contribution in [2.75, 3.05) is 5.32 Å². The first kappa shape index (κ1) is 15.0. The van der Waals surface area contributed by atoms with E-state index < -0.39 is 0 Å². The molecular formula is C25H19N. The first-order chi connectivity index (χ1) is 12.9. The zero-order chi connectivity index (χ0) is 17.3. The molecule has 26 heavy (non-hydrogen) atoms. The van der Waals surface area contributed by atoms with Gasteiger partial charge in [0.05, 0.1) is 0 Å². The molecule has 0 spiro atoms. The Labute approximate surface area is 154 Å². The minimum atomic E-state index is 1.04. The van der Waals surface area contributed by atoms with Gasteiger partial charge >= 0.3 is 0 Å². The van der Waals surface area contributed by atoms with Crippen molar-refractivity contribution >= 4 is 11.4 Å². The fourth-order valence-electron chi connectivity index (χ4n) is 3.74. The van der Waals surface area contributed by atoms with E-state index >= 15 is 0 Å². The van der Waals surface area contributed by atoms with Gasteiger partial charge in [0.1, 0.15) is 0 Å². The van der Waals surface area contributed by atoms with Crippen LogP contribution in [0.2, 0.25) is 0 Å². The summed E-state index contributed by atoms with van der Waals surface area (Å²) in [5, 5.41) is 3.54. The van der Waals surface area contributed by atoms with E-state index in [-0.39, 0.29) is 0 Å². The molecule has 0 bridgehead atoms. The minimum absolute atomic E-state index is 1.04. The molecule has 0 saturated carbocycles. The van der Waals surface area contributed by atoms with Gasteiger partial charge in [-0.25, -0.2) is 0 Å². The molecule has 0 unspecified atom stereocenters. The average molecular weight is 333 g/mol. The molecular weight excluding hydrogens is 314 g/mol. The Morgan fingerprint density at radius 2 is 1.15 bits per heavy atom. The predicted octanol–water partition coefficient (Wildman–Crippen LogP) is 6.67. The topological polar surface area (TPSA) is 12.0 Å². The van der Waals surface area contributed by atoms with Crippen molar-refractivity contribution in [3.05, 3.63) is 108 Å². The molecule has 0 atom stereocenters. The summed E-state index contributed by atoms with van der Waals surface area (Å²) in [6, 6.07) is 34.5. The van der Waals surface area contributed by atoms with Gasteiger partial charge in [0.15, 0.2) is 0 Å². The van der Waals surface area contributed by atoms with E-state index in [0.717, 1.165) is 17.8 Å². The summed E-state index contributed by atoms with van der Waals surface area (Å²) in [4.78, 5) is 0. The van der Waals surface area contributed by atoms with Crippen LogP contribution in [0.15, 0.2) is 97.1 Å². The number of nitrogens with one attached hydrogen (secondary N) is 1. The summed E-state index contributed by atoms with van der Waals surface area (Å²) < 4.78 is 0. The van der Waals surface area contributed by atoms with Crippen LogP contribution in [-0.2, 0) is 6.42 Å². The molecule has 1 nitrogen and oxygen atoms in total. The van der Waals surface area contributed by atoms with E-state index in [2.05, 4.69) is 96.3 Å². The summed E-state index contributed by atoms with van der Waals surface area (Å²) in [7, 11) is 0. The Morgan fingerprint density at radius 1 is 0.500 bits per heavy atom. The molecule has 0 aromatic heterocycles. The fourth-order valence-corrected chi connectivity index (χ4v) is 3.74. The number of rotatable bonds is 3. The second-order valence-corrected chi connectivity index (χ2v) is 6.77. The van der Waals surface area contributed by atoms with Crippen molar-refractivity contribution in [1.82, 2.24) is 0 Å². The van der Waals surface area contributed by atoms with Crippen molar-refractivity contribution in [2.24, 2.45) is 0 Å². The molecule has 1 aliphatic rings. The van der Waals surface area contributed by atoms with Crippen LogP contribution in [0, 0.1) is 0 Å². The van der Waals surface area contributed by atoms with E-state index in [0.29, 0.717) is 0 Å². The molecule has 0 radical (unpaired) electrons. The van der Waals surface area contributed by atoms with Crippen molar-refractivity contribution in [2.45, 2.75) is 6.42 Å². The first-order valence-electron chi connectivity index (χ1n) is 9.00. The molecule has 0 heterocycles. The van der Waals surface area contributed by atoms with Crippen LogP contribution in [0.4, 0.5) is 11.4 Å². The number of fused-ring (bicyclic) bond motifs is 3. The lowest BCUT2D eigenvalue weighted by molar-refractivity contribution is 1.26. The van der Waals surface area contributed by atoms with Crippen LogP contribution in [0.3, 0.4) is 0 Å². The third-order valence-corrected chi connectivity index (χ3v) is 5.08. The highest BCUT2D eigenvalue weighted by atomic mass is 14.9. The van der Waals surface area contributed by atoms with Crippen LogP contribution in [0.5, 0.6) is 0 Å². The summed E-state index contributed by atoms with van der Waals surface area (Å²) in [6.07, 6.45) is 1.04. The van der Waals surface area contributed by atoms with Crippen molar-refractivity contribution in [3.8, 4) is 22.3 Å². The highest BCUT2D eigenvalue weighted by molar-refractivity contribution is 5.80. The van der Waals surface area contributed by atoms with Crippen LogP contribution in [0.25, 0.3) is 22.3 Å². The van der Waals surface area contributed by atoms with Crippen LogP contribution < -0.4 is 5.32 Å². The van der Waals surface area contributed by atoms with Gasteiger partial charge in [-0.05, 0) is 64.1 Å². The van der Waals surface area contributed by atoms with E-state index in [1.165, 1.54) is 33.4 Å². The van der Waals surface area contributed by atoms with Gasteiger partial charge in [-0.1, -0.05) is 72.8 Å². The molecule has 0 saturated heterocycles. The Kier molecular flexibility index (Phi) is 3.57. The lowest BCUT2D eigenvalue weighted by Gasteiger charge is -2.10. The molecule has 1 heteroatoms. The number of hydrogen-bond acceptors (Lipinski definition) is 1. The van der Waals surface area contributed by atoms with Crippen LogP contribution in [0.1, 0.15) is 11.1 Å². The SMILES string of the molecule is c1ccc(-c2ccc(Nc3ccc4c(c3)-c3ccccc3C4)cc2)cc1. The van der Waals surface area contributed by atoms with E-state index in [9.17, 15) is 0 Å². The average Bonchev–Trinajstić information content (AvgIpc) is 3.07. The smallest absolute Gasteiger partial charge is 0.0390 e. The predicted molar refractivity (Wildman–Crippen MR) is 110 cm³/mol. The van der Waals surface area contributed by atoms with Gasteiger partial charge in [-0.2, -0.15) is 0 Å². The molecule has 1 aliphatic carbocycles. The standard InChI is InChI=1S/C25H19N/c1-2-6-18(7-3-1)19-10-13-22(14-11-19)26-23-15-12-21-16-20-8-4-5-9-24(20)25(21)17-23/h1-15,17,26H,16H2. The molecule has 5 rings (SSSR count). The lowest BCUT2D eigenvalue weighted by Crippen LogP contribution is -1.91. The zero-order valence-electron chi connectivity index (χ0n) is 14.4. The summed E-state index contributed by atoms with van der Waals surface area (Å²) in [6.45, 7) is 0. The molecule has 1 N–H and O–H groups in total. The molecule has 0 fully saturated rings. The maximum absolute atomic E-state index is 3.54. The van der Waals surface area contributed by atoms with Gasteiger partial charge in [-0.3, -0.25) is 0 Å². The van der Waals surface area contributed by atoms with Gasteiger partial charge in [-0.15, -0.1) is 0 Å². The number of anilines is 2. The van der Waals surface area contributed by atoms with Crippen molar-refractivity contribution < 1.29 is 0 Å². The van der Waals surface area contributed by atoms with Crippen molar-refractivity contribution in [3.63, 3.8) is 0 Å². The third kappa shape index (κ3) is 2.68. The van der Waals surface area contributed by atoms with Gasteiger partial charge in [0.2, 0.25) is 0 Å². The summed E-state index contributed by atoms with van der Waals surface area (Å²) in [5.74, 6) is 0. The van der Waals surface area contributed by atoms with Gasteiger partial charge in [0, 0.05) is 11.4 Å². The minimum Gasteiger partial charge on any atom is -0.356 e. The second-order valence-electron chi connectivity index (χ2n) is 6.77. The summed E-state index contributed by atoms with van der Waals surface area (Å²) >= 11 is 0. The van der Waals surface area contributed by atoms with E-state index in [4.69, 9.17) is 0 Å². The highest BCUT2D eigenvalue weighted by Gasteiger charge is 2.17. The summed E-state index contributed by atoms with van der Waals surface area (Å²) in [5.41, 5.74) is 10.3. The maximum Gasteiger partial charge on any atom is 0.0390 e. The molecule has 4 aromatic carbocycles. The Hall–Kier alpha value is -3.32. The Balaban J connectivity index is 1.41. The first-order valence-corrected chi connectivity index (χ1v) is 9.00. The Bertz CT molecular complexity index is 1060.